The van der Waals surface area contributed by atoms with E-state index in [0.29, 0.717) is 6.42 Å². The van der Waals surface area contributed by atoms with Crippen molar-refractivity contribution < 1.29 is 9.53 Å². The van der Waals surface area contributed by atoms with Gasteiger partial charge in [-0.25, -0.2) is 9.78 Å². The normalized spacial score (nSPS) is 11.5. The molecule has 0 aliphatic carbocycles. The van der Waals surface area contributed by atoms with Gasteiger partial charge in [-0.15, -0.1) is 0 Å². The molecule has 0 saturated heterocycles. The standard InChI is InChI=1S/C10H17ClN8O2/c1-2-4(17-9(14)15)3-16-10(20)21-8-7(13)19-6(12)5(11)18-8/h4H,2-3H2,1H3,(H,16,20)(H4,12,13,19)(H4,14,15,17)/t4-/m1/s1. The summed E-state index contributed by atoms with van der Waals surface area (Å²) in [5, 5.41) is 12.2. The van der Waals surface area contributed by atoms with Gasteiger partial charge in [-0.2, -0.15) is 4.98 Å². The van der Waals surface area contributed by atoms with E-state index in [0.717, 1.165) is 0 Å². The van der Waals surface area contributed by atoms with Gasteiger partial charge in [0.1, 0.15) is 0 Å². The number of nitrogen functional groups attached to an aromatic ring is 2. The summed E-state index contributed by atoms with van der Waals surface area (Å²) in [7, 11) is 0. The number of nitrogens with two attached hydrogens (primary N) is 3. The number of halogens is 1. The number of carbonyl (C=O) groups excluding carboxylic acids is 1. The van der Waals surface area contributed by atoms with Crippen molar-refractivity contribution in [3.63, 3.8) is 0 Å². The minimum atomic E-state index is -0.791. The Morgan fingerprint density at radius 1 is 1.43 bits per heavy atom. The van der Waals surface area contributed by atoms with Crippen LogP contribution >= 0.6 is 11.6 Å². The van der Waals surface area contributed by atoms with E-state index in [9.17, 15) is 4.79 Å². The molecule has 0 saturated carbocycles. The molecule has 0 bridgehead atoms. The van der Waals surface area contributed by atoms with E-state index in [4.69, 9.17) is 38.9 Å². The number of amides is 1. The van der Waals surface area contributed by atoms with Crippen molar-refractivity contribution in [1.29, 1.82) is 5.41 Å². The first-order chi connectivity index (χ1) is 9.83. The van der Waals surface area contributed by atoms with Gasteiger partial charge in [-0.3, -0.25) is 5.41 Å². The molecule has 1 amide bonds. The molecule has 1 rings (SSSR count). The average Bonchev–Trinajstić information content (AvgIpc) is 2.40. The van der Waals surface area contributed by atoms with Crippen LogP contribution in [0.5, 0.6) is 5.88 Å². The molecule has 0 aromatic carbocycles. The number of nitrogens with one attached hydrogen (secondary N) is 3. The molecule has 0 unspecified atom stereocenters. The number of nitrogens with zero attached hydrogens (tertiary/aromatic N) is 2. The van der Waals surface area contributed by atoms with Crippen LogP contribution in [0.15, 0.2) is 0 Å². The fourth-order valence-electron chi connectivity index (χ4n) is 1.35. The molecule has 11 heteroatoms. The fourth-order valence-corrected chi connectivity index (χ4v) is 1.47. The van der Waals surface area contributed by atoms with Gasteiger partial charge in [0.15, 0.2) is 22.7 Å². The highest BCUT2D eigenvalue weighted by molar-refractivity contribution is 6.31. The van der Waals surface area contributed by atoms with Gasteiger partial charge in [0.25, 0.3) is 5.88 Å². The van der Waals surface area contributed by atoms with E-state index in [1.807, 2.05) is 6.92 Å². The maximum Gasteiger partial charge on any atom is 0.414 e. The summed E-state index contributed by atoms with van der Waals surface area (Å²) < 4.78 is 4.88. The molecule has 1 aromatic rings. The van der Waals surface area contributed by atoms with Crippen molar-refractivity contribution in [3.05, 3.63) is 5.15 Å². The maximum atomic E-state index is 11.6. The topological polar surface area (TPSA) is 178 Å². The largest absolute Gasteiger partial charge is 0.414 e. The first-order valence-electron chi connectivity index (χ1n) is 5.98. The van der Waals surface area contributed by atoms with Crippen LogP contribution in [0.2, 0.25) is 5.15 Å². The van der Waals surface area contributed by atoms with Crippen LogP contribution in [-0.2, 0) is 0 Å². The molecule has 0 spiro atoms. The molecule has 116 valence electrons. The number of anilines is 2. The number of aromatic nitrogens is 2. The zero-order chi connectivity index (χ0) is 16.0. The Morgan fingerprint density at radius 2 is 2.10 bits per heavy atom. The Bertz CT molecular complexity index is 538. The van der Waals surface area contributed by atoms with E-state index < -0.39 is 6.09 Å². The third-order valence-corrected chi connectivity index (χ3v) is 2.68. The van der Waals surface area contributed by atoms with Gasteiger partial charge in [0.05, 0.1) is 0 Å². The SMILES string of the molecule is CC[C@H](CNC(=O)Oc1nc(Cl)c(N)nc1N)NC(=N)N. The van der Waals surface area contributed by atoms with Crippen LogP contribution < -0.4 is 32.6 Å². The van der Waals surface area contributed by atoms with Crippen molar-refractivity contribution >= 4 is 35.3 Å². The van der Waals surface area contributed by atoms with Gasteiger partial charge in [-0.1, -0.05) is 18.5 Å². The van der Waals surface area contributed by atoms with Gasteiger partial charge in [-0.05, 0) is 6.42 Å². The lowest BCUT2D eigenvalue weighted by molar-refractivity contribution is 0.197. The third kappa shape index (κ3) is 5.18. The molecule has 1 heterocycles. The van der Waals surface area contributed by atoms with E-state index in [-0.39, 0.29) is 41.2 Å². The second-order valence-corrected chi connectivity index (χ2v) is 4.38. The van der Waals surface area contributed by atoms with Crippen molar-refractivity contribution in [2.24, 2.45) is 5.73 Å². The smallest absolute Gasteiger partial charge is 0.387 e. The predicted octanol–water partition coefficient (Wildman–Crippen LogP) is -0.356. The van der Waals surface area contributed by atoms with Crippen LogP contribution in [0.3, 0.4) is 0 Å². The van der Waals surface area contributed by atoms with E-state index >= 15 is 0 Å². The minimum Gasteiger partial charge on any atom is -0.387 e. The summed E-state index contributed by atoms with van der Waals surface area (Å²) in [6, 6.07) is -0.200. The number of hydrogen-bond acceptors (Lipinski definition) is 7. The van der Waals surface area contributed by atoms with E-state index in [1.54, 1.807) is 0 Å². The molecular formula is C10H17ClN8O2. The summed E-state index contributed by atoms with van der Waals surface area (Å²) >= 11 is 5.66. The first-order valence-corrected chi connectivity index (χ1v) is 6.36. The molecule has 0 fully saturated rings. The molecule has 21 heavy (non-hydrogen) atoms. The van der Waals surface area contributed by atoms with E-state index in [2.05, 4.69) is 20.6 Å². The fraction of sp³-hybridized carbons (Fsp3) is 0.400. The van der Waals surface area contributed by atoms with Crippen LogP contribution in [-0.4, -0.2) is 34.6 Å². The average molecular weight is 317 g/mol. The van der Waals surface area contributed by atoms with Crippen LogP contribution in [0.25, 0.3) is 0 Å². The molecule has 0 radical (unpaired) electrons. The van der Waals surface area contributed by atoms with Crippen LogP contribution in [0.1, 0.15) is 13.3 Å². The van der Waals surface area contributed by atoms with Gasteiger partial charge < -0.3 is 32.6 Å². The highest BCUT2D eigenvalue weighted by atomic mass is 35.5. The number of carbonyl (C=O) groups is 1. The Morgan fingerprint density at radius 3 is 2.67 bits per heavy atom. The van der Waals surface area contributed by atoms with Crippen molar-refractivity contribution in [2.75, 3.05) is 18.0 Å². The van der Waals surface area contributed by atoms with Crippen LogP contribution in [0, 0.1) is 5.41 Å². The minimum absolute atomic E-state index is 0.0568. The summed E-state index contributed by atoms with van der Waals surface area (Å²) in [4.78, 5) is 19.0. The third-order valence-electron chi connectivity index (χ3n) is 2.41. The lowest BCUT2D eigenvalue weighted by Gasteiger charge is -2.17. The monoisotopic (exact) mass is 316 g/mol. The van der Waals surface area contributed by atoms with Crippen molar-refractivity contribution in [3.8, 4) is 5.88 Å². The molecule has 0 aliphatic rings. The summed E-state index contributed by atoms with van der Waals surface area (Å²) in [6.45, 7) is 2.07. The second-order valence-electron chi connectivity index (χ2n) is 4.02. The Kier molecular flexibility index (Phi) is 5.79. The molecule has 1 atom stereocenters. The van der Waals surface area contributed by atoms with Crippen molar-refractivity contribution in [2.45, 2.75) is 19.4 Å². The maximum absolute atomic E-state index is 11.6. The summed E-state index contributed by atoms with van der Waals surface area (Å²) in [6.07, 6.45) is -0.143. The molecule has 0 aliphatic heterocycles. The quantitative estimate of drug-likeness (QED) is 0.315. The molecular weight excluding hydrogens is 300 g/mol. The summed E-state index contributed by atoms with van der Waals surface area (Å²) in [5.41, 5.74) is 16.1. The Labute approximate surface area is 125 Å². The number of ether oxygens (including phenoxy) is 1. The Hall–Kier alpha value is -2.49. The first kappa shape index (κ1) is 16.6. The Balaban J connectivity index is 2.58. The lowest BCUT2D eigenvalue weighted by Crippen LogP contribution is -2.46. The zero-order valence-electron chi connectivity index (χ0n) is 11.3. The number of rotatable bonds is 5. The number of guanidine groups is 1. The summed E-state index contributed by atoms with van der Waals surface area (Å²) in [5.74, 6) is -0.628. The van der Waals surface area contributed by atoms with E-state index in [1.165, 1.54) is 0 Å². The van der Waals surface area contributed by atoms with Crippen LogP contribution in [0.4, 0.5) is 16.4 Å². The molecule has 9 N–H and O–H groups in total. The van der Waals surface area contributed by atoms with Gasteiger partial charge in [0, 0.05) is 12.6 Å². The van der Waals surface area contributed by atoms with Crippen molar-refractivity contribution in [1.82, 2.24) is 20.6 Å². The molecule has 1 aromatic heterocycles. The van der Waals surface area contributed by atoms with Gasteiger partial charge >= 0.3 is 6.09 Å². The number of hydrogen-bond donors (Lipinski definition) is 6. The highest BCUT2D eigenvalue weighted by Crippen LogP contribution is 2.22. The highest BCUT2D eigenvalue weighted by Gasteiger charge is 2.15. The lowest BCUT2D eigenvalue weighted by atomic mass is 10.2. The molecule has 10 nitrogen and oxygen atoms in total. The second kappa shape index (κ2) is 7.33. The predicted molar refractivity (Wildman–Crippen MR) is 79.0 cm³/mol. The zero-order valence-corrected chi connectivity index (χ0v) is 12.1. The van der Waals surface area contributed by atoms with Gasteiger partial charge in [0.2, 0.25) is 0 Å².